The Labute approximate surface area is 80.3 Å². The molecule has 1 nitrogen and oxygen atoms in total. The van der Waals surface area contributed by atoms with Crippen molar-refractivity contribution in [1.82, 2.24) is 5.32 Å². The van der Waals surface area contributed by atoms with Crippen LogP contribution in [0.3, 0.4) is 0 Å². The van der Waals surface area contributed by atoms with Gasteiger partial charge < -0.3 is 5.32 Å². The van der Waals surface area contributed by atoms with Gasteiger partial charge in [0.15, 0.2) is 0 Å². The van der Waals surface area contributed by atoms with Gasteiger partial charge in [0, 0.05) is 12.1 Å². The Kier molecular flexibility index (Phi) is 1.59. The van der Waals surface area contributed by atoms with Crippen LogP contribution in [0.5, 0.6) is 0 Å². The van der Waals surface area contributed by atoms with Crippen molar-refractivity contribution in [3.63, 3.8) is 0 Å². The van der Waals surface area contributed by atoms with Crippen LogP contribution in [-0.2, 0) is 0 Å². The van der Waals surface area contributed by atoms with Gasteiger partial charge in [-0.2, -0.15) is 0 Å². The van der Waals surface area contributed by atoms with Gasteiger partial charge in [0.25, 0.3) is 0 Å². The molecule has 0 aromatic rings. The van der Waals surface area contributed by atoms with Crippen LogP contribution in [-0.4, -0.2) is 6.04 Å². The van der Waals surface area contributed by atoms with Gasteiger partial charge in [-0.25, -0.2) is 0 Å². The molecule has 4 aliphatic carbocycles. The fourth-order valence-corrected chi connectivity index (χ4v) is 4.26. The molecule has 0 atom stereocenters. The van der Waals surface area contributed by atoms with E-state index in [2.05, 4.69) is 11.4 Å². The lowest BCUT2D eigenvalue weighted by atomic mass is 9.54. The molecule has 13 heavy (non-hydrogen) atoms. The van der Waals surface area contributed by atoms with Crippen LogP contribution in [0.25, 0.3) is 0 Å². The van der Waals surface area contributed by atoms with E-state index in [0.29, 0.717) is 6.04 Å². The van der Waals surface area contributed by atoms with Gasteiger partial charge in [0.05, 0.1) is 0 Å². The fraction of sp³-hybridized carbons (Fsp3) is 0.833. The van der Waals surface area contributed by atoms with Gasteiger partial charge in [0.2, 0.25) is 0 Å². The van der Waals surface area contributed by atoms with Gasteiger partial charge in [-0.1, -0.05) is 6.42 Å². The summed E-state index contributed by atoms with van der Waals surface area (Å²) in [5.74, 6) is 3.93. The fourth-order valence-electron chi connectivity index (χ4n) is 4.26. The maximum absolute atomic E-state index is 5.35. The van der Waals surface area contributed by atoms with Crippen molar-refractivity contribution in [2.45, 2.75) is 38.1 Å². The second-order valence-electron chi connectivity index (χ2n) is 5.25. The molecule has 4 bridgehead atoms. The highest BCUT2D eigenvalue weighted by Gasteiger charge is 2.47. The maximum Gasteiger partial charge on any atom is 0.0397 e. The Hall–Kier alpha value is -0.640. The number of hydrogen-bond donors (Lipinski definition) is 1. The summed E-state index contributed by atoms with van der Waals surface area (Å²) >= 11 is 0. The van der Waals surface area contributed by atoms with E-state index < -0.39 is 0 Å². The van der Waals surface area contributed by atoms with E-state index in [1.54, 1.807) is 0 Å². The maximum atomic E-state index is 5.35. The standard InChI is InChI=1S/C12H17N/c1-2-13-12-10-4-8-3-9(6-10)7-11(12)5-8/h1,8-13H,3-7H2. The molecular weight excluding hydrogens is 158 g/mol. The predicted octanol–water partition coefficient (Wildman–Crippen LogP) is 1.99. The second-order valence-corrected chi connectivity index (χ2v) is 5.25. The molecule has 1 N–H and O–H groups in total. The zero-order valence-corrected chi connectivity index (χ0v) is 8.00. The van der Waals surface area contributed by atoms with Gasteiger partial charge in [0.1, 0.15) is 0 Å². The summed E-state index contributed by atoms with van der Waals surface area (Å²) in [6, 6.07) is 3.31. The topological polar surface area (TPSA) is 12.0 Å². The van der Waals surface area contributed by atoms with Crippen LogP contribution in [0, 0.1) is 36.1 Å². The lowest BCUT2D eigenvalue weighted by molar-refractivity contribution is -0.00787. The molecule has 4 saturated carbocycles. The Bertz CT molecular complexity index is 222. The first-order valence-electron chi connectivity index (χ1n) is 5.58. The molecule has 0 spiro atoms. The summed E-state index contributed by atoms with van der Waals surface area (Å²) < 4.78 is 0. The zero-order chi connectivity index (χ0) is 8.84. The van der Waals surface area contributed by atoms with Crippen molar-refractivity contribution in [3.8, 4) is 12.5 Å². The molecule has 1 heteroatoms. The molecule has 4 rings (SSSR count). The summed E-state index contributed by atoms with van der Waals surface area (Å²) in [7, 11) is 0. The third-order valence-corrected chi connectivity index (χ3v) is 4.48. The minimum atomic E-state index is 0.665. The van der Waals surface area contributed by atoms with E-state index in [0.717, 1.165) is 23.7 Å². The van der Waals surface area contributed by atoms with E-state index in [-0.39, 0.29) is 0 Å². The Balaban J connectivity index is 1.82. The second kappa shape index (κ2) is 2.67. The molecule has 0 unspecified atom stereocenters. The molecule has 0 aliphatic heterocycles. The van der Waals surface area contributed by atoms with Gasteiger partial charge in [-0.15, -0.1) is 0 Å². The van der Waals surface area contributed by atoms with Crippen LogP contribution in [0.15, 0.2) is 0 Å². The molecule has 0 amide bonds. The Morgan fingerprint density at radius 3 is 1.92 bits per heavy atom. The number of terminal acetylenes is 1. The molecule has 4 fully saturated rings. The van der Waals surface area contributed by atoms with E-state index in [1.165, 1.54) is 32.1 Å². The average molecular weight is 175 g/mol. The number of nitrogens with one attached hydrogen (secondary N) is 1. The Morgan fingerprint density at radius 1 is 0.923 bits per heavy atom. The molecule has 4 aliphatic rings. The Morgan fingerprint density at radius 2 is 1.46 bits per heavy atom. The molecule has 0 saturated heterocycles. The van der Waals surface area contributed by atoms with Crippen molar-refractivity contribution in [2.24, 2.45) is 23.7 Å². The third-order valence-electron chi connectivity index (χ3n) is 4.48. The largest absolute Gasteiger partial charge is 0.343 e. The highest BCUT2D eigenvalue weighted by atomic mass is 14.9. The quantitative estimate of drug-likeness (QED) is 0.475. The number of hydrogen-bond acceptors (Lipinski definition) is 1. The van der Waals surface area contributed by atoms with E-state index in [9.17, 15) is 0 Å². The molecule has 70 valence electrons. The minimum Gasteiger partial charge on any atom is -0.343 e. The summed E-state index contributed by atoms with van der Waals surface area (Å²) in [4.78, 5) is 0. The van der Waals surface area contributed by atoms with E-state index in [1.807, 2.05) is 0 Å². The smallest absolute Gasteiger partial charge is 0.0397 e. The first-order valence-corrected chi connectivity index (χ1v) is 5.58. The normalized spacial score (nSPS) is 51.8. The highest BCUT2D eigenvalue weighted by Crippen LogP contribution is 2.53. The van der Waals surface area contributed by atoms with Gasteiger partial charge in [-0.3, -0.25) is 0 Å². The number of rotatable bonds is 1. The van der Waals surface area contributed by atoms with E-state index >= 15 is 0 Å². The third kappa shape index (κ3) is 1.08. The minimum absolute atomic E-state index is 0.665. The van der Waals surface area contributed by atoms with Crippen molar-refractivity contribution in [3.05, 3.63) is 0 Å². The van der Waals surface area contributed by atoms with Crippen LogP contribution in [0.1, 0.15) is 32.1 Å². The van der Waals surface area contributed by atoms with Gasteiger partial charge >= 0.3 is 0 Å². The van der Waals surface area contributed by atoms with Crippen molar-refractivity contribution < 1.29 is 0 Å². The van der Waals surface area contributed by atoms with Crippen LogP contribution < -0.4 is 5.32 Å². The van der Waals surface area contributed by atoms with Crippen molar-refractivity contribution in [1.29, 1.82) is 0 Å². The summed E-state index contributed by atoms with van der Waals surface area (Å²) in [5, 5.41) is 3.26. The first-order chi connectivity index (χ1) is 6.36. The first kappa shape index (κ1) is 7.74. The molecule has 0 aromatic carbocycles. The molecule has 0 heterocycles. The van der Waals surface area contributed by atoms with Crippen LogP contribution in [0.2, 0.25) is 0 Å². The highest BCUT2D eigenvalue weighted by molar-refractivity contribution is 5.04. The molecule has 0 aromatic heterocycles. The zero-order valence-electron chi connectivity index (χ0n) is 8.00. The molecular formula is C12H17N. The van der Waals surface area contributed by atoms with Crippen molar-refractivity contribution >= 4 is 0 Å². The SMILES string of the molecule is C#CNC1C2CC3CC(C2)CC1C3. The molecule has 0 radical (unpaired) electrons. The summed E-state index contributed by atoms with van der Waals surface area (Å²) in [6.07, 6.45) is 12.7. The van der Waals surface area contributed by atoms with E-state index in [4.69, 9.17) is 6.42 Å². The monoisotopic (exact) mass is 175 g/mol. The van der Waals surface area contributed by atoms with Gasteiger partial charge in [-0.05, 0) is 55.8 Å². The lowest BCUT2D eigenvalue weighted by Gasteiger charge is -2.54. The summed E-state index contributed by atoms with van der Waals surface area (Å²) in [5.41, 5.74) is 0. The van der Waals surface area contributed by atoms with Crippen molar-refractivity contribution in [2.75, 3.05) is 0 Å². The summed E-state index contributed by atoms with van der Waals surface area (Å²) in [6.45, 7) is 0. The van der Waals surface area contributed by atoms with Crippen LogP contribution in [0.4, 0.5) is 0 Å². The average Bonchev–Trinajstić information content (AvgIpc) is 2.10. The lowest BCUT2D eigenvalue weighted by Crippen LogP contribution is -2.53. The predicted molar refractivity (Wildman–Crippen MR) is 52.8 cm³/mol. The van der Waals surface area contributed by atoms with Crippen LogP contribution >= 0.6 is 0 Å².